The van der Waals surface area contributed by atoms with Crippen molar-refractivity contribution in [3.63, 3.8) is 0 Å². The lowest BCUT2D eigenvalue weighted by atomic mass is 9.89. The second-order valence-electron chi connectivity index (χ2n) is 5.35. The lowest BCUT2D eigenvalue weighted by molar-refractivity contribution is 0.0849. The second-order valence-corrected chi connectivity index (χ2v) is 5.35. The predicted octanol–water partition coefficient (Wildman–Crippen LogP) is 2.72. The van der Waals surface area contributed by atoms with Crippen molar-refractivity contribution >= 4 is 10.9 Å². The standard InChI is InChI=1S/C15H20N2O/c16-14(15(18)10-4-1-2-5-10)12-6-3-7-13-11(12)8-9-17-13/h3,6-10,14-15,17-18H,1-2,4-5,16H2/t14-,15+/m0/s1. The first kappa shape index (κ1) is 11.8. The zero-order valence-electron chi connectivity index (χ0n) is 10.5. The molecular weight excluding hydrogens is 224 g/mol. The molecule has 0 amide bonds. The summed E-state index contributed by atoms with van der Waals surface area (Å²) in [6.45, 7) is 0. The number of aliphatic hydroxyl groups is 1. The molecule has 1 saturated carbocycles. The van der Waals surface area contributed by atoms with Crippen LogP contribution in [0.4, 0.5) is 0 Å². The molecule has 1 aromatic heterocycles. The molecule has 18 heavy (non-hydrogen) atoms. The molecule has 0 aliphatic heterocycles. The molecule has 0 saturated heterocycles. The summed E-state index contributed by atoms with van der Waals surface area (Å²) in [5.74, 6) is 0.370. The van der Waals surface area contributed by atoms with E-state index in [1.165, 1.54) is 12.8 Å². The van der Waals surface area contributed by atoms with Crippen LogP contribution < -0.4 is 5.73 Å². The fraction of sp³-hybridized carbons (Fsp3) is 0.467. The molecule has 1 aliphatic carbocycles. The molecular formula is C15H20N2O. The normalized spacial score (nSPS) is 20.3. The van der Waals surface area contributed by atoms with Gasteiger partial charge in [-0.1, -0.05) is 25.0 Å². The van der Waals surface area contributed by atoms with Crippen molar-refractivity contribution in [2.45, 2.75) is 37.8 Å². The van der Waals surface area contributed by atoms with Gasteiger partial charge in [0.05, 0.1) is 12.1 Å². The molecule has 3 rings (SSSR count). The van der Waals surface area contributed by atoms with Crippen LogP contribution in [0.25, 0.3) is 10.9 Å². The molecule has 0 unspecified atom stereocenters. The average molecular weight is 244 g/mol. The van der Waals surface area contributed by atoms with E-state index in [4.69, 9.17) is 5.73 Å². The van der Waals surface area contributed by atoms with Crippen molar-refractivity contribution in [1.82, 2.24) is 4.98 Å². The number of hydrogen-bond acceptors (Lipinski definition) is 2. The number of H-pyrrole nitrogens is 1. The number of rotatable bonds is 3. The third-order valence-electron chi connectivity index (χ3n) is 4.24. The van der Waals surface area contributed by atoms with Crippen molar-refractivity contribution in [2.75, 3.05) is 0 Å². The van der Waals surface area contributed by atoms with Gasteiger partial charge in [0.25, 0.3) is 0 Å². The van der Waals surface area contributed by atoms with Crippen molar-refractivity contribution in [1.29, 1.82) is 0 Å². The minimum atomic E-state index is -0.423. The van der Waals surface area contributed by atoms with E-state index in [2.05, 4.69) is 4.98 Å². The van der Waals surface area contributed by atoms with Gasteiger partial charge >= 0.3 is 0 Å². The molecule has 0 bridgehead atoms. The van der Waals surface area contributed by atoms with E-state index in [9.17, 15) is 5.11 Å². The van der Waals surface area contributed by atoms with E-state index in [0.29, 0.717) is 5.92 Å². The first-order chi connectivity index (χ1) is 8.77. The maximum atomic E-state index is 10.4. The highest BCUT2D eigenvalue weighted by atomic mass is 16.3. The monoisotopic (exact) mass is 244 g/mol. The summed E-state index contributed by atoms with van der Waals surface area (Å²) < 4.78 is 0. The van der Waals surface area contributed by atoms with E-state index in [0.717, 1.165) is 29.3 Å². The highest BCUT2D eigenvalue weighted by Gasteiger charge is 2.29. The molecule has 3 heteroatoms. The first-order valence-corrected chi connectivity index (χ1v) is 6.77. The van der Waals surface area contributed by atoms with Gasteiger partial charge in [0.15, 0.2) is 0 Å². The lowest BCUT2D eigenvalue weighted by Gasteiger charge is -2.25. The Morgan fingerprint density at radius 2 is 2.00 bits per heavy atom. The van der Waals surface area contributed by atoms with E-state index in [-0.39, 0.29) is 6.04 Å². The van der Waals surface area contributed by atoms with Crippen LogP contribution in [0.3, 0.4) is 0 Å². The van der Waals surface area contributed by atoms with Crippen molar-refractivity contribution < 1.29 is 5.11 Å². The Morgan fingerprint density at radius 1 is 1.22 bits per heavy atom. The minimum Gasteiger partial charge on any atom is -0.391 e. The quantitative estimate of drug-likeness (QED) is 0.777. The van der Waals surface area contributed by atoms with Crippen LogP contribution in [-0.2, 0) is 0 Å². The van der Waals surface area contributed by atoms with Crippen molar-refractivity contribution in [3.05, 3.63) is 36.0 Å². The molecule has 2 atom stereocenters. The summed E-state index contributed by atoms with van der Waals surface area (Å²) >= 11 is 0. The Balaban J connectivity index is 1.91. The third-order valence-corrected chi connectivity index (χ3v) is 4.24. The van der Waals surface area contributed by atoms with Gasteiger partial charge in [-0.15, -0.1) is 0 Å². The zero-order chi connectivity index (χ0) is 12.5. The molecule has 1 aliphatic rings. The Bertz CT molecular complexity index is 528. The van der Waals surface area contributed by atoms with Gasteiger partial charge in [0, 0.05) is 17.1 Å². The van der Waals surface area contributed by atoms with Gasteiger partial charge in [-0.3, -0.25) is 0 Å². The number of aliphatic hydroxyl groups excluding tert-OH is 1. The summed E-state index contributed by atoms with van der Waals surface area (Å²) in [4.78, 5) is 3.19. The fourth-order valence-electron chi connectivity index (χ4n) is 3.18. The summed E-state index contributed by atoms with van der Waals surface area (Å²) in [5, 5.41) is 11.6. The summed E-state index contributed by atoms with van der Waals surface area (Å²) in [6, 6.07) is 7.81. The smallest absolute Gasteiger partial charge is 0.0761 e. The number of nitrogens with one attached hydrogen (secondary N) is 1. The Hall–Kier alpha value is -1.32. The molecule has 1 heterocycles. The van der Waals surface area contributed by atoms with Gasteiger partial charge < -0.3 is 15.8 Å². The summed E-state index contributed by atoms with van der Waals surface area (Å²) in [6.07, 6.45) is 6.16. The van der Waals surface area contributed by atoms with Crippen LogP contribution in [0.15, 0.2) is 30.5 Å². The Labute approximate surface area is 107 Å². The van der Waals surface area contributed by atoms with E-state index < -0.39 is 6.10 Å². The number of aromatic amines is 1. The maximum absolute atomic E-state index is 10.4. The van der Waals surface area contributed by atoms with E-state index >= 15 is 0 Å². The number of aromatic nitrogens is 1. The minimum absolute atomic E-state index is 0.285. The largest absolute Gasteiger partial charge is 0.391 e. The number of nitrogens with two attached hydrogens (primary N) is 1. The van der Waals surface area contributed by atoms with Crippen LogP contribution in [0.2, 0.25) is 0 Å². The molecule has 3 nitrogen and oxygen atoms in total. The highest BCUT2D eigenvalue weighted by molar-refractivity contribution is 5.83. The van der Waals surface area contributed by atoms with Gasteiger partial charge in [0.2, 0.25) is 0 Å². The zero-order valence-corrected chi connectivity index (χ0v) is 10.5. The van der Waals surface area contributed by atoms with Crippen LogP contribution in [0.1, 0.15) is 37.3 Å². The molecule has 96 valence electrons. The summed E-state index contributed by atoms with van der Waals surface area (Å²) in [5.41, 5.74) is 8.41. The number of hydrogen-bond donors (Lipinski definition) is 3. The molecule has 1 aromatic carbocycles. The predicted molar refractivity (Wildman–Crippen MR) is 73.2 cm³/mol. The second kappa shape index (κ2) is 4.75. The molecule has 4 N–H and O–H groups in total. The molecule has 0 radical (unpaired) electrons. The van der Waals surface area contributed by atoms with Gasteiger partial charge in [-0.25, -0.2) is 0 Å². The topological polar surface area (TPSA) is 62.0 Å². The highest BCUT2D eigenvalue weighted by Crippen LogP contribution is 2.34. The Kier molecular flexibility index (Phi) is 3.10. The van der Waals surface area contributed by atoms with Crippen molar-refractivity contribution in [3.8, 4) is 0 Å². The van der Waals surface area contributed by atoms with Crippen LogP contribution in [-0.4, -0.2) is 16.2 Å². The van der Waals surface area contributed by atoms with Gasteiger partial charge in [-0.05, 0) is 36.5 Å². The first-order valence-electron chi connectivity index (χ1n) is 6.77. The molecule has 0 spiro atoms. The summed E-state index contributed by atoms with van der Waals surface area (Å²) in [7, 11) is 0. The van der Waals surface area contributed by atoms with Gasteiger partial charge in [-0.2, -0.15) is 0 Å². The van der Waals surface area contributed by atoms with E-state index in [1.54, 1.807) is 0 Å². The Morgan fingerprint density at radius 3 is 2.78 bits per heavy atom. The van der Waals surface area contributed by atoms with Crippen LogP contribution >= 0.6 is 0 Å². The van der Waals surface area contributed by atoms with Crippen molar-refractivity contribution in [2.24, 2.45) is 11.7 Å². The van der Waals surface area contributed by atoms with Gasteiger partial charge in [0.1, 0.15) is 0 Å². The lowest BCUT2D eigenvalue weighted by Crippen LogP contribution is -2.32. The molecule has 2 aromatic rings. The number of fused-ring (bicyclic) bond motifs is 1. The van der Waals surface area contributed by atoms with Crippen LogP contribution in [0, 0.1) is 5.92 Å². The number of benzene rings is 1. The van der Waals surface area contributed by atoms with E-state index in [1.807, 2.05) is 30.5 Å². The average Bonchev–Trinajstić information content (AvgIpc) is 3.06. The maximum Gasteiger partial charge on any atom is 0.0761 e. The third kappa shape index (κ3) is 1.93. The van der Waals surface area contributed by atoms with Crippen LogP contribution in [0.5, 0.6) is 0 Å². The fourth-order valence-corrected chi connectivity index (χ4v) is 3.18. The SMILES string of the molecule is N[C@@H](c1cccc2[nH]ccc12)[C@H](O)C1CCCC1. The molecule has 1 fully saturated rings.